The SMILES string of the molecule is CSc1nc(C(=O)NCCc2csc(C(C)C)n2)cs1. The van der Waals surface area contributed by atoms with Crippen LogP contribution in [0.15, 0.2) is 15.1 Å². The van der Waals surface area contributed by atoms with Crippen molar-refractivity contribution in [1.82, 2.24) is 15.3 Å². The third-order valence-corrected chi connectivity index (χ3v) is 5.68. The number of carbonyl (C=O) groups excluding carboxylic acids is 1. The van der Waals surface area contributed by atoms with E-state index in [2.05, 4.69) is 34.5 Å². The molecule has 108 valence electrons. The molecule has 7 heteroatoms. The fourth-order valence-corrected chi connectivity index (χ4v) is 3.66. The summed E-state index contributed by atoms with van der Waals surface area (Å²) in [5.41, 5.74) is 1.54. The highest BCUT2D eigenvalue weighted by Crippen LogP contribution is 2.20. The summed E-state index contributed by atoms with van der Waals surface area (Å²) in [5.74, 6) is 0.351. The summed E-state index contributed by atoms with van der Waals surface area (Å²) in [4.78, 5) is 20.7. The molecule has 0 fully saturated rings. The Hall–Kier alpha value is -0.920. The number of amides is 1. The van der Waals surface area contributed by atoms with Gasteiger partial charge in [0.2, 0.25) is 0 Å². The number of rotatable bonds is 6. The van der Waals surface area contributed by atoms with Gasteiger partial charge >= 0.3 is 0 Å². The molecule has 2 heterocycles. The molecular formula is C13H17N3OS3. The van der Waals surface area contributed by atoms with Crippen LogP contribution in [0.3, 0.4) is 0 Å². The lowest BCUT2D eigenvalue weighted by Gasteiger charge is -2.01. The number of carbonyl (C=O) groups is 1. The predicted molar refractivity (Wildman–Crippen MR) is 86.1 cm³/mol. The first kappa shape index (κ1) is 15.5. The van der Waals surface area contributed by atoms with Gasteiger partial charge in [-0.15, -0.1) is 22.7 Å². The third-order valence-electron chi connectivity index (χ3n) is 2.62. The molecule has 0 atom stereocenters. The highest BCUT2D eigenvalue weighted by Gasteiger charge is 2.10. The van der Waals surface area contributed by atoms with E-state index in [0.29, 0.717) is 18.2 Å². The Kier molecular flexibility index (Phi) is 5.56. The van der Waals surface area contributed by atoms with Crippen LogP contribution < -0.4 is 5.32 Å². The van der Waals surface area contributed by atoms with Gasteiger partial charge in [-0.1, -0.05) is 25.6 Å². The standard InChI is InChI=1S/C13H17N3OS3/c1-8(2)12-15-9(6-19-12)4-5-14-11(17)10-7-20-13(16-10)18-3/h6-8H,4-5H2,1-3H3,(H,14,17). The zero-order chi connectivity index (χ0) is 14.5. The summed E-state index contributed by atoms with van der Waals surface area (Å²) in [6.07, 6.45) is 2.71. The first-order valence-electron chi connectivity index (χ1n) is 6.32. The van der Waals surface area contributed by atoms with E-state index in [0.717, 1.165) is 21.5 Å². The van der Waals surface area contributed by atoms with E-state index in [4.69, 9.17) is 0 Å². The van der Waals surface area contributed by atoms with E-state index in [9.17, 15) is 4.79 Å². The smallest absolute Gasteiger partial charge is 0.270 e. The zero-order valence-corrected chi connectivity index (χ0v) is 14.1. The molecule has 1 N–H and O–H groups in total. The highest BCUT2D eigenvalue weighted by atomic mass is 32.2. The molecule has 0 saturated carbocycles. The van der Waals surface area contributed by atoms with Crippen molar-refractivity contribution in [2.75, 3.05) is 12.8 Å². The van der Waals surface area contributed by atoms with Gasteiger partial charge in [0.05, 0.1) is 10.7 Å². The third kappa shape index (κ3) is 4.04. The summed E-state index contributed by atoms with van der Waals surface area (Å²) < 4.78 is 0.913. The Morgan fingerprint density at radius 2 is 2.15 bits per heavy atom. The highest BCUT2D eigenvalue weighted by molar-refractivity contribution is 8.00. The van der Waals surface area contributed by atoms with Gasteiger partial charge in [-0.2, -0.15) is 0 Å². The maximum atomic E-state index is 11.9. The quantitative estimate of drug-likeness (QED) is 0.826. The molecule has 0 aliphatic rings. The van der Waals surface area contributed by atoms with Crippen LogP contribution >= 0.6 is 34.4 Å². The minimum absolute atomic E-state index is 0.110. The molecule has 0 bridgehead atoms. The lowest BCUT2D eigenvalue weighted by molar-refractivity contribution is 0.0949. The topological polar surface area (TPSA) is 54.9 Å². The zero-order valence-electron chi connectivity index (χ0n) is 11.7. The predicted octanol–water partition coefficient (Wildman–Crippen LogP) is 3.42. The average Bonchev–Trinajstić information content (AvgIpc) is 3.07. The fraction of sp³-hybridized carbons (Fsp3) is 0.462. The van der Waals surface area contributed by atoms with Gasteiger partial charge < -0.3 is 5.32 Å². The fourth-order valence-electron chi connectivity index (χ4n) is 1.55. The van der Waals surface area contributed by atoms with Crippen molar-refractivity contribution in [1.29, 1.82) is 0 Å². The van der Waals surface area contributed by atoms with Crippen LogP contribution in [0.4, 0.5) is 0 Å². The van der Waals surface area contributed by atoms with Crippen molar-refractivity contribution < 1.29 is 4.79 Å². The molecule has 0 saturated heterocycles. The molecule has 2 aromatic rings. The Labute approximate surface area is 131 Å². The molecule has 2 rings (SSSR count). The summed E-state index contributed by atoms with van der Waals surface area (Å²) >= 11 is 4.73. The number of thioether (sulfide) groups is 1. The molecule has 0 aromatic carbocycles. The van der Waals surface area contributed by atoms with Crippen LogP contribution in [0.2, 0.25) is 0 Å². The van der Waals surface area contributed by atoms with Gasteiger partial charge in [-0.05, 0) is 6.26 Å². The number of hydrogen-bond acceptors (Lipinski definition) is 6. The van der Waals surface area contributed by atoms with Gasteiger partial charge in [0.25, 0.3) is 5.91 Å². The molecule has 20 heavy (non-hydrogen) atoms. The number of hydrogen-bond donors (Lipinski definition) is 1. The van der Waals surface area contributed by atoms with Gasteiger partial charge in [0.15, 0.2) is 0 Å². The van der Waals surface area contributed by atoms with Crippen LogP contribution in [-0.2, 0) is 6.42 Å². The van der Waals surface area contributed by atoms with Crippen molar-refractivity contribution in [2.45, 2.75) is 30.5 Å². The Balaban J connectivity index is 1.81. The molecule has 4 nitrogen and oxygen atoms in total. The van der Waals surface area contributed by atoms with E-state index in [-0.39, 0.29) is 5.91 Å². The molecule has 1 amide bonds. The van der Waals surface area contributed by atoms with Crippen LogP contribution in [0, 0.1) is 0 Å². The van der Waals surface area contributed by atoms with E-state index in [1.54, 1.807) is 28.5 Å². The monoisotopic (exact) mass is 327 g/mol. The molecule has 2 aromatic heterocycles. The maximum Gasteiger partial charge on any atom is 0.270 e. The Morgan fingerprint density at radius 1 is 1.35 bits per heavy atom. The Morgan fingerprint density at radius 3 is 2.75 bits per heavy atom. The number of aromatic nitrogens is 2. The first-order valence-corrected chi connectivity index (χ1v) is 9.30. The minimum Gasteiger partial charge on any atom is -0.350 e. The second-order valence-electron chi connectivity index (χ2n) is 4.54. The normalized spacial score (nSPS) is 11.0. The van der Waals surface area contributed by atoms with Gasteiger partial charge in [-0.25, -0.2) is 9.97 Å². The van der Waals surface area contributed by atoms with Crippen molar-refractivity contribution in [3.63, 3.8) is 0 Å². The summed E-state index contributed by atoms with van der Waals surface area (Å²) in [6.45, 7) is 4.86. The van der Waals surface area contributed by atoms with Crippen molar-refractivity contribution in [3.8, 4) is 0 Å². The van der Waals surface area contributed by atoms with Crippen LogP contribution in [-0.4, -0.2) is 28.7 Å². The summed E-state index contributed by atoms with van der Waals surface area (Å²) in [6, 6.07) is 0. The Bertz CT molecular complexity index is 577. The summed E-state index contributed by atoms with van der Waals surface area (Å²) in [5, 5.41) is 7.89. The van der Waals surface area contributed by atoms with Crippen molar-refractivity contribution in [3.05, 3.63) is 27.2 Å². The second kappa shape index (κ2) is 7.19. The molecule has 0 aliphatic heterocycles. The molecule has 0 aliphatic carbocycles. The minimum atomic E-state index is -0.110. The van der Waals surface area contributed by atoms with E-state index in [1.807, 2.05) is 6.26 Å². The van der Waals surface area contributed by atoms with E-state index >= 15 is 0 Å². The van der Waals surface area contributed by atoms with Crippen LogP contribution in [0.1, 0.15) is 41.0 Å². The average molecular weight is 328 g/mol. The molecular weight excluding hydrogens is 310 g/mol. The van der Waals surface area contributed by atoms with Gasteiger partial charge in [0, 0.05) is 29.6 Å². The van der Waals surface area contributed by atoms with Crippen molar-refractivity contribution >= 4 is 40.3 Å². The number of nitrogens with one attached hydrogen (secondary N) is 1. The molecule has 0 spiro atoms. The van der Waals surface area contributed by atoms with Crippen molar-refractivity contribution in [2.24, 2.45) is 0 Å². The largest absolute Gasteiger partial charge is 0.350 e. The second-order valence-corrected chi connectivity index (χ2v) is 7.34. The number of nitrogens with zero attached hydrogens (tertiary/aromatic N) is 2. The van der Waals surface area contributed by atoms with Gasteiger partial charge in [-0.3, -0.25) is 4.79 Å². The van der Waals surface area contributed by atoms with Crippen LogP contribution in [0.5, 0.6) is 0 Å². The lowest BCUT2D eigenvalue weighted by atomic mass is 10.2. The molecule has 0 radical (unpaired) electrons. The molecule has 0 unspecified atom stereocenters. The summed E-state index contributed by atoms with van der Waals surface area (Å²) in [7, 11) is 0. The van der Waals surface area contributed by atoms with Crippen LogP contribution in [0.25, 0.3) is 0 Å². The lowest BCUT2D eigenvalue weighted by Crippen LogP contribution is -2.26. The van der Waals surface area contributed by atoms with Gasteiger partial charge in [0.1, 0.15) is 10.0 Å². The van der Waals surface area contributed by atoms with E-state index < -0.39 is 0 Å². The maximum absolute atomic E-state index is 11.9. The van der Waals surface area contributed by atoms with E-state index in [1.165, 1.54) is 11.3 Å². The first-order chi connectivity index (χ1) is 9.60. The number of thiazole rings is 2.